The van der Waals surface area contributed by atoms with Crippen LogP contribution in [0.25, 0.3) is 17.0 Å². The minimum atomic E-state index is -0.382. The summed E-state index contributed by atoms with van der Waals surface area (Å²) in [5.41, 5.74) is 1.30. The van der Waals surface area contributed by atoms with Crippen molar-refractivity contribution < 1.29 is 13.9 Å². The fourth-order valence-corrected chi connectivity index (χ4v) is 3.72. The van der Waals surface area contributed by atoms with Gasteiger partial charge in [0.05, 0.1) is 17.6 Å². The molecule has 2 aromatic carbocycles. The highest BCUT2D eigenvalue weighted by Gasteiger charge is 2.43. The maximum Gasteiger partial charge on any atom is 0.235 e. The fraction of sp³-hybridized carbons (Fsp3) is 0.136. The monoisotopic (exact) mass is 378 g/mol. The molecule has 0 radical (unpaired) electrons. The zero-order valence-corrected chi connectivity index (χ0v) is 14.9. The molecule has 3 atom stereocenters. The van der Waals surface area contributed by atoms with Gasteiger partial charge in [-0.25, -0.2) is 0 Å². The van der Waals surface area contributed by atoms with Crippen molar-refractivity contribution in [2.45, 2.75) is 12.2 Å². The van der Waals surface area contributed by atoms with Gasteiger partial charge in [-0.2, -0.15) is 0 Å². The minimum absolute atomic E-state index is 0.0645. The largest absolute Gasteiger partial charge is 0.489 e. The summed E-state index contributed by atoms with van der Waals surface area (Å²) in [6, 6.07) is 14.9. The first kappa shape index (κ1) is 16.2. The van der Waals surface area contributed by atoms with E-state index in [0.29, 0.717) is 21.8 Å². The third kappa shape index (κ3) is 2.73. The molecule has 0 aliphatic carbocycles. The molecule has 0 saturated heterocycles. The molecule has 5 heteroatoms. The number of benzene rings is 2. The number of ether oxygens (including phenoxy) is 2. The van der Waals surface area contributed by atoms with Crippen LogP contribution in [0.4, 0.5) is 0 Å². The van der Waals surface area contributed by atoms with Crippen LogP contribution in [0.3, 0.4) is 0 Å². The Labute approximate surface area is 160 Å². The summed E-state index contributed by atoms with van der Waals surface area (Å²) in [6.07, 6.45) is 6.81. The van der Waals surface area contributed by atoms with Crippen molar-refractivity contribution in [3.8, 4) is 5.75 Å². The van der Waals surface area contributed by atoms with Crippen LogP contribution in [-0.2, 0) is 4.74 Å². The van der Waals surface area contributed by atoms with Crippen molar-refractivity contribution in [2.24, 2.45) is 5.92 Å². The molecular weight excluding hydrogens is 364 g/mol. The molecule has 3 unspecified atom stereocenters. The number of hydrogen-bond acceptors (Lipinski definition) is 4. The smallest absolute Gasteiger partial charge is 0.235 e. The van der Waals surface area contributed by atoms with E-state index < -0.39 is 0 Å². The van der Waals surface area contributed by atoms with Gasteiger partial charge in [0.25, 0.3) is 0 Å². The lowest BCUT2D eigenvalue weighted by atomic mass is 9.91. The molecule has 27 heavy (non-hydrogen) atoms. The molecule has 0 spiro atoms. The molecule has 2 aliphatic heterocycles. The van der Waals surface area contributed by atoms with Crippen molar-refractivity contribution in [3.63, 3.8) is 0 Å². The van der Waals surface area contributed by atoms with Crippen molar-refractivity contribution in [2.75, 3.05) is 0 Å². The normalized spacial score (nSPS) is 23.1. The van der Waals surface area contributed by atoms with Gasteiger partial charge in [-0.3, -0.25) is 4.79 Å². The number of halogens is 1. The third-order valence-corrected chi connectivity index (χ3v) is 5.12. The predicted octanol–water partition coefficient (Wildman–Crippen LogP) is 5.12. The Kier molecular flexibility index (Phi) is 3.80. The van der Waals surface area contributed by atoms with Gasteiger partial charge in [0.1, 0.15) is 11.7 Å². The summed E-state index contributed by atoms with van der Waals surface area (Å²) in [5.74, 6) is 0.553. The van der Waals surface area contributed by atoms with Crippen molar-refractivity contribution in [3.05, 3.63) is 93.5 Å². The summed E-state index contributed by atoms with van der Waals surface area (Å²) in [7, 11) is 0. The minimum Gasteiger partial charge on any atom is -0.489 e. The quantitative estimate of drug-likeness (QED) is 0.620. The summed E-state index contributed by atoms with van der Waals surface area (Å²) >= 11 is 6.04. The van der Waals surface area contributed by atoms with Gasteiger partial charge < -0.3 is 13.9 Å². The molecule has 3 aromatic rings. The van der Waals surface area contributed by atoms with Crippen LogP contribution in [-0.4, -0.2) is 6.10 Å². The van der Waals surface area contributed by atoms with Crippen LogP contribution in [0.15, 0.2) is 76.2 Å². The van der Waals surface area contributed by atoms with Gasteiger partial charge in [-0.05, 0) is 35.9 Å². The highest BCUT2D eigenvalue weighted by Crippen LogP contribution is 2.44. The molecule has 2 aliphatic rings. The Morgan fingerprint density at radius 3 is 2.78 bits per heavy atom. The van der Waals surface area contributed by atoms with Crippen molar-refractivity contribution >= 4 is 28.6 Å². The average Bonchev–Trinajstić information content (AvgIpc) is 3.18. The second-order valence-corrected chi connectivity index (χ2v) is 7.02. The van der Waals surface area contributed by atoms with Crippen LogP contribution in [0.2, 0.25) is 5.02 Å². The van der Waals surface area contributed by atoms with Crippen LogP contribution in [0, 0.1) is 5.92 Å². The van der Waals surface area contributed by atoms with Gasteiger partial charge in [-0.1, -0.05) is 48.0 Å². The van der Waals surface area contributed by atoms with Crippen LogP contribution in [0.5, 0.6) is 5.75 Å². The first-order chi connectivity index (χ1) is 13.2. The zero-order chi connectivity index (χ0) is 18.4. The van der Waals surface area contributed by atoms with E-state index in [4.69, 9.17) is 25.5 Å². The van der Waals surface area contributed by atoms with E-state index in [1.54, 1.807) is 24.5 Å². The summed E-state index contributed by atoms with van der Waals surface area (Å²) in [6.45, 7) is 0. The Hall–Kier alpha value is -2.98. The molecule has 4 nitrogen and oxygen atoms in total. The number of rotatable bonds is 2. The summed E-state index contributed by atoms with van der Waals surface area (Å²) < 4.78 is 17.8. The predicted molar refractivity (Wildman–Crippen MR) is 104 cm³/mol. The fourth-order valence-electron chi connectivity index (χ4n) is 3.55. The lowest BCUT2D eigenvalue weighted by molar-refractivity contribution is 0.0358. The second kappa shape index (κ2) is 6.32. The lowest BCUT2D eigenvalue weighted by Gasteiger charge is -2.31. The van der Waals surface area contributed by atoms with Crippen LogP contribution in [0.1, 0.15) is 17.4 Å². The average molecular weight is 379 g/mol. The van der Waals surface area contributed by atoms with Gasteiger partial charge in [-0.15, -0.1) is 0 Å². The molecular formula is C22H15ClO4. The van der Waals surface area contributed by atoms with E-state index in [9.17, 15) is 4.79 Å². The number of hydrogen-bond donors (Lipinski definition) is 0. The van der Waals surface area contributed by atoms with Crippen molar-refractivity contribution in [1.82, 2.24) is 0 Å². The van der Waals surface area contributed by atoms with E-state index in [0.717, 1.165) is 5.56 Å². The summed E-state index contributed by atoms with van der Waals surface area (Å²) in [5, 5.41) is 0.874. The molecule has 0 saturated carbocycles. The topological polar surface area (TPSA) is 48.7 Å². The summed E-state index contributed by atoms with van der Waals surface area (Å²) in [4.78, 5) is 13.0. The van der Waals surface area contributed by atoms with Gasteiger partial charge >= 0.3 is 0 Å². The van der Waals surface area contributed by atoms with E-state index in [-0.39, 0.29) is 29.3 Å². The van der Waals surface area contributed by atoms with E-state index in [1.165, 1.54) is 0 Å². The maximum atomic E-state index is 13.0. The number of fused-ring (bicyclic) bond motifs is 4. The first-order valence-electron chi connectivity index (χ1n) is 8.69. The lowest BCUT2D eigenvalue weighted by Crippen LogP contribution is -2.34. The van der Waals surface area contributed by atoms with E-state index >= 15 is 0 Å². The maximum absolute atomic E-state index is 13.0. The van der Waals surface area contributed by atoms with Crippen LogP contribution >= 0.6 is 11.6 Å². The third-order valence-electron chi connectivity index (χ3n) is 4.88. The first-order valence-corrected chi connectivity index (χ1v) is 9.07. The van der Waals surface area contributed by atoms with Crippen LogP contribution < -0.4 is 10.2 Å². The van der Waals surface area contributed by atoms with Gasteiger partial charge in [0, 0.05) is 5.02 Å². The van der Waals surface area contributed by atoms with Crippen molar-refractivity contribution in [1.29, 1.82) is 0 Å². The molecule has 5 rings (SSSR count). The molecule has 0 amide bonds. The Morgan fingerprint density at radius 2 is 1.93 bits per heavy atom. The molecule has 0 fully saturated rings. The SMILES string of the molecule is O=c1c2c(oc3ccc(Cl)cc13)C1OC=CC1C(/C=C/c1ccccc1)O2. The molecule has 0 N–H and O–H groups in total. The molecule has 3 heterocycles. The van der Waals surface area contributed by atoms with Gasteiger partial charge in [0.15, 0.2) is 11.9 Å². The highest BCUT2D eigenvalue weighted by atomic mass is 35.5. The Morgan fingerprint density at radius 1 is 1.07 bits per heavy atom. The Balaban J connectivity index is 1.60. The zero-order valence-electron chi connectivity index (χ0n) is 14.2. The Bertz CT molecular complexity index is 1130. The standard InChI is InChI=1S/C22H15ClO4/c23-14-7-9-18-16(12-14)19(24)21-22(27-18)20-15(10-11-25-20)17(26-21)8-6-13-4-2-1-3-5-13/h1-12,15,17,20H/b8-6+. The molecule has 134 valence electrons. The van der Waals surface area contributed by atoms with E-state index in [2.05, 4.69) is 0 Å². The van der Waals surface area contributed by atoms with E-state index in [1.807, 2.05) is 48.6 Å². The highest BCUT2D eigenvalue weighted by molar-refractivity contribution is 6.31. The molecule has 1 aromatic heterocycles. The van der Waals surface area contributed by atoms with Gasteiger partial charge in [0.2, 0.25) is 11.2 Å². The molecule has 0 bridgehead atoms. The second-order valence-electron chi connectivity index (χ2n) is 6.58.